The van der Waals surface area contributed by atoms with Gasteiger partial charge in [0.1, 0.15) is 6.61 Å². The lowest BCUT2D eigenvalue weighted by atomic mass is 10.0. The van der Waals surface area contributed by atoms with Gasteiger partial charge in [-0.05, 0) is 26.3 Å². The quantitative estimate of drug-likeness (QED) is 0.769. The highest BCUT2D eigenvalue weighted by molar-refractivity contribution is 5.01. The summed E-state index contributed by atoms with van der Waals surface area (Å²) in [6.07, 6.45) is 2.08. The molecule has 1 aromatic rings. The minimum absolute atomic E-state index is 0.354. The molecule has 0 amide bonds. The number of hydrogen-bond donors (Lipinski definition) is 1. The Hall–Kier alpha value is -0.940. The Morgan fingerprint density at radius 2 is 2.44 bits per heavy atom. The molecule has 0 bridgehead atoms. The van der Waals surface area contributed by atoms with Crippen molar-refractivity contribution in [1.29, 1.82) is 0 Å². The first-order valence-electron chi connectivity index (χ1n) is 5.95. The lowest BCUT2D eigenvalue weighted by Crippen LogP contribution is -2.21. The molecule has 0 aliphatic carbocycles. The molecule has 0 radical (unpaired) electrons. The molecule has 1 aliphatic rings. The van der Waals surface area contributed by atoms with Crippen LogP contribution in [0.25, 0.3) is 0 Å². The van der Waals surface area contributed by atoms with Crippen molar-refractivity contribution in [2.75, 3.05) is 13.2 Å². The summed E-state index contributed by atoms with van der Waals surface area (Å²) in [7, 11) is 0. The predicted octanol–water partition coefficient (Wildman–Crippen LogP) is 1.46. The van der Waals surface area contributed by atoms with Gasteiger partial charge >= 0.3 is 0 Å². The van der Waals surface area contributed by atoms with Crippen LogP contribution in [0.15, 0.2) is 4.52 Å². The van der Waals surface area contributed by atoms with E-state index in [2.05, 4.69) is 29.3 Å². The number of nitrogens with one attached hydrogen (secondary N) is 1. The summed E-state index contributed by atoms with van der Waals surface area (Å²) in [5.74, 6) is 1.75. The van der Waals surface area contributed by atoms with Crippen LogP contribution < -0.4 is 5.32 Å². The van der Waals surface area contributed by atoms with E-state index in [0.717, 1.165) is 31.9 Å². The predicted molar refractivity (Wildman–Crippen MR) is 59.1 cm³/mol. The molecule has 2 atom stereocenters. The third kappa shape index (κ3) is 2.59. The standard InChI is InChI=1S/C11H19N3O2/c1-3-6-15-7-10-13-11(16-14-10)9-4-5-12-8(9)2/h8-9,12H,3-7H2,1-2H3. The second kappa shape index (κ2) is 5.41. The highest BCUT2D eigenvalue weighted by atomic mass is 16.5. The van der Waals surface area contributed by atoms with Gasteiger partial charge in [0.05, 0.1) is 5.92 Å². The normalized spacial score (nSPS) is 25.1. The molecule has 2 unspecified atom stereocenters. The molecule has 2 heterocycles. The van der Waals surface area contributed by atoms with Gasteiger partial charge in [-0.1, -0.05) is 12.1 Å². The van der Waals surface area contributed by atoms with Crippen molar-refractivity contribution in [2.45, 2.75) is 45.3 Å². The Bertz CT molecular complexity index is 327. The molecule has 1 N–H and O–H groups in total. The zero-order chi connectivity index (χ0) is 11.4. The summed E-state index contributed by atoms with van der Waals surface area (Å²) in [6.45, 7) is 6.44. The fraction of sp³-hybridized carbons (Fsp3) is 0.818. The van der Waals surface area contributed by atoms with Crippen LogP contribution in [0.2, 0.25) is 0 Å². The van der Waals surface area contributed by atoms with Crippen molar-refractivity contribution < 1.29 is 9.26 Å². The average Bonchev–Trinajstić information content (AvgIpc) is 2.87. The Labute approximate surface area is 95.6 Å². The number of hydrogen-bond acceptors (Lipinski definition) is 5. The third-order valence-corrected chi connectivity index (χ3v) is 2.91. The molecule has 1 saturated heterocycles. The number of aromatic nitrogens is 2. The molecule has 1 aliphatic heterocycles. The van der Waals surface area contributed by atoms with Crippen LogP contribution in [0.1, 0.15) is 44.3 Å². The van der Waals surface area contributed by atoms with Crippen molar-refractivity contribution >= 4 is 0 Å². The van der Waals surface area contributed by atoms with E-state index in [1.165, 1.54) is 0 Å². The van der Waals surface area contributed by atoms with Gasteiger partial charge in [-0.15, -0.1) is 0 Å². The smallest absolute Gasteiger partial charge is 0.231 e. The highest BCUT2D eigenvalue weighted by Crippen LogP contribution is 2.25. The molecule has 1 aromatic heterocycles. The second-order valence-corrected chi connectivity index (χ2v) is 4.24. The topological polar surface area (TPSA) is 60.2 Å². The minimum atomic E-state index is 0.354. The maximum absolute atomic E-state index is 5.37. The maximum Gasteiger partial charge on any atom is 0.231 e. The Balaban J connectivity index is 1.91. The zero-order valence-electron chi connectivity index (χ0n) is 9.90. The largest absolute Gasteiger partial charge is 0.373 e. The van der Waals surface area contributed by atoms with Crippen LogP contribution in [0.4, 0.5) is 0 Å². The van der Waals surface area contributed by atoms with Crippen LogP contribution in [-0.4, -0.2) is 29.3 Å². The first kappa shape index (κ1) is 11.5. The van der Waals surface area contributed by atoms with Gasteiger partial charge < -0.3 is 14.6 Å². The van der Waals surface area contributed by atoms with Crippen molar-refractivity contribution in [3.05, 3.63) is 11.7 Å². The molecule has 90 valence electrons. The minimum Gasteiger partial charge on any atom is -0.373 e. The molecule has 5 nitrogen and oxygen atoms in total. The van der Waals surface area contributed by atoms with Gasteiger partial charge in [-0.3, -0.25) is 0 Å². The summed E-state index contributed by atoms with van der Waals surface area (Å²) in [6, 6.07) is 0.421. The van der Waals surface area contributed by atoms with Crippen molar-refractivity contribution in [1.82, 2.24) is 15.5 Å². The number of ether oxygens (including phenoxy) is 1. The monoisotopic (exact) mass is 225 g/mol. The number of nitrogens with zero attached hydrogens (tertiary/aromatic N) is 2. The van der Waals surface area contributed by atoms with E-state index in [-0.39, 0.29) is 0 Å². The third-order valence-electron chi connectivity index (χ3n) is 2.91. The summed E-state index contributed by atoms with van der Waals surface area (Å²) in [4.78, 5) is 4.37. The van der Waals surface area contributed by atoms with E-state index in [4.69, 9.17) is 9.26 Å². The van der Waals surface area contributed by atoms with Crippen LogP contribution in [0.3, 0.4) is 0 Å². The van der Waals surface area contributed by atoms with Crippen molar-refractivity contribution in [3.63, 3.8) is 0 Å². The van der Waals surface area contributed by atoms with Gasteiger partial charge in [0.25, 0.3) is 0 Å². The zero-order valence-corrected chi connectivity index (χ0v) is 9.90. The summed E-state index contributed by atoms with van der Waals surface area (Å²) in [5.41, 5.74) is 0. The van der Waals surface area contributed by atoms with Crippen LogP contribution >= 0.6 is 0 Å². The lowest BCUT2D eigenvalue weighted by Gasteiger charge is -2.08. The van der Waals surface area contributed by atoms with Gasteiger partial charge in [0.15, 0.2) is 5.82 Å². The van der Waals surface area contributed by atoms with Crippen molar-refractivity contribution in [2.24, 2.45) is 0 Å². The van der Waals surface area contributed by atoms with Crippen LogP contribution in [0, 0.1) is 0 Å². The van der Waals surface area contributed by atoms with Gasteiger partial charge in [0, 0.05) is 12.6 Å². The maximum atomic E-state index is 5.37. The molecule has 16 heavy (non-hydrogen) atoms. The SMILES string of the molecule is CCCOCc1noc(C2CCNC2C)n1. The number of rotatable bonds is 5. The Morgan fingerprint density at radius 1 is 1.56 bits per heavy atom. The van der Waals surface area contributed by atoms with Gasteiger partial charge in [-0.2, -0.15) is 4.98 Å². The summed E-state index contributed by atoms with van der Waals surface area (Å²) in [5, 5.41) is 7.30. The van der Waals surface area contributed by atoms with E-state index in [0.29, 0.717) is 24.4 Å². The molecule has 5 heteroatoms. The van der Waals surface area contributed by atoms with E-state index >= 15 is 0 Å². The van der Waals surface area contributed by atoms with E-state index in [1.807, 2.05) is 0 Å². The van der Waals surface area contributed by atoms with Gasteiger partial charge in [-0.25, -0.2) is 0 Å². The molecule has 1 fully saturated rings. The van der Waals surface area contributed by atoms with Crippen LogP contribution in [0.5, 0.6) is 0 Å². The summed E-state index contributed by atoms with van der Waals surface area (Å²) >= 11 is 0. The first-order chi connectivity index (χ1) is 7.81. The van der Waals surface area contributed by atoms with Crippen molar-refractivity contribution in [3.8, 4) is 0 Å². The molecule has 0 saturated carbocycles. The highest BCUT2D eigenvalue weighted by Gasteiger charge is 2.29. The summed E-state index contributed by atoms with van der Waals surface area (Å²) < 4.78 is 10.6. The molecular formula is C11H19N3O2. The average molecular weight is 225 g/mol. The Kier molecular flexibility index (Phi) is 3.90. The molecule has 2 rings (SSSR count). The van der Waals surface area contributed by atoms with E-state index in [1.54, 1.807) is 0 Å². The van der Waals surface area contributed by atoms with E-state index < -0.39 is 0 Å². The molecular weight excluding hydrogens is 206 g/mol. The van der Waals surface area contributed by atoms with Crippen LogP contribution in [-0.2, 0) is 11.3 Å². The fourth-order valence-corrected chi connectivity index (χ4v) is 1.98. The van der Waals surface area contributed by atoms with Gasteiger partial charge in [0.2, 0.25) is 5.89 Å². The van der Waals surface area contributed by atoms with E-state index in [9.17, 15) is 0 Å². The first-order valence-corrected chi connectivity index (χ1v) is 5.95. The Morgan fingerprint density at radius 3 is 3.12 bits per heavy atom. The molecule has 0 spiro atoms. The molecule has 0 aromatic carbocycles. The lowest BCUT2D eigenvalue weighted by molar-refractivity contribution is 0.114. The second-order valence-electron chi connectivity index (χ2n) is 4.24. The fourth-order valence-electron chi connectivity index (χ4n) is 1.98.